The second-order valence-corrected chi connectivity index (χ2v) is 7.74. The fourth-order valence-corrected chi connectivity index (χ4v) is 2.19. The molecule has 0 fully saturated rings. The molecule has 3 heteroatoms. The van der Waals surface area contributed by atoms with Crippen molar-refractivity contribution < 1.29 is 14.6 Å². The number of ether oxygens (including phenoxy) is 1. The van der Waals surface area contributed by atoms with Gasteiger partial charge >= 0.3 is 5.97 Å². The van der Waals surface area contributed by atoms with Crippen LogP contribution in [0, 0.1) is 0 Å². The van der Waals surface area contributed by atoms with Crippen molar-refractivity contribution in [2.24, 2.45) is 0 Å². The van der Waals surface area contributed by atoms with E-state index >= 15 is 0 Å². The van der Waals surface area contributed by atoms with Crippen LogP contribution >= 0.6 is 0 Å². The van der Waals surface area contributed by atoms with Crippen molar-refractivity contribution in [3.63, 3.8) is 0 Å². The van der Waals surface area contributed by atoms with E-state index in [4.69, 9.17) is 9.84 Å². The topological polar surface area (TPSA) is 46.5 Å². The Labute approximate surface area is 128 Å². The average Bonchev–Trinajstić information content (AvgIpc) is 2.24. The number of aliphatic carboxylic acids is 1. The molecule has 118 valence electrons. The Morgan fingerprint density at radius 1 is 1.14 bits per heavy atom. The Hall–Kier alpha value is -1.51. The Balaban J connectivity index is 3.17. The number of carbonyl (C=O) groups is 1. The number of benzene rings is 1. The molecule has 0 amide bonds. The lowest BCUT2D eigenvalue weighted by molar-refractivity contribution is -0.138. The van der Waals surface area contributed by atoms with Gasteiger partial charge < -0.3 is 9.84 Å². The van der Waals surface area contributed by atoms with E-state index in [1.165, 1.54) is 5.56 Å². The number of carboxylic acid groups (broad SMARTS) is 1. The molecule has 0 spiro atoms. The summed E-state index contributed by atoms with van der Waals surface area (Å²) in [6.07, 6.45) is -0.339. The molecule has 0 aromatic heterocycles. The van der Waals surface area contributed by atoms with Crippen LogP contribution in [-0.2, 0) is 15.6 Å². The zero-order valence-corrected chi connectivity index (χ0v) is 14.3. The molecule has 0 saturated carbocycles. The van der Waals surface area contributed by atoms with Crippen LogP contribution in [0.3, 0.4) is 0 Å². The van der Waals surface area contributed by atoms with Gasteiger partial charge in [0.25, 0.3) is 0 Å². The highest BCUT2D eigenvalue weighted by molar-refractivity contribution is 5.67. The molecule has 0 aliphatic rings. The standard InChI is InChI=1S/C18H28O3/c1-12(10-16(19)20)21-15-9-8-13(17(2,3)4)11-14(15)18(5,6)7/h8-9,11-12H,10H2,1-7H3,(H,19,20)/t12-/m1/s1. The van der Waals surface area contributed by atoms with E-state index in [0.29, 0.717) is 0 Å². The van der Waals surface area contributed by atoms with Crippen LogP contribution < -0.4 is 4.74 Å². The van der Waals surface area contributed by atoms with Gasteiger partial charge in [-0.15, -0.1) is 0 Å². The predicted octanol–water partition coefficient (Wildman–Crippen LogP) is 4.52. The van der Waals surface area contributed by atoms with Crippen molar-refractivity contribution in [2.45, 2.75) is 71.8 Å². The van der Waals surface area contributed by atoms with E-state index < -0.39 is 5.97 Å². The van der Waals surface area contributed by atoms with Crippen molar-refractivity contribution in [3.05, 3.63) is 29.3 Å². The van der Waals surface area contributed by atoms with Crippen LogP contribution in [-0.4, -0.2) is 17.2 Å². The van der Waals surface area contributed by atoms with Gasteiger partial charge in [-0.1, -0.05) is 53.7 Å². The Kier molecular flexibility index (Phi) is 5.08. The Bertz CT molecular complexity index is 504. The second kappa shape index (κ2) is 6.08. The average molecular weight is 292 g/mol. The maximum Gasteiger partial charge on any atom is 0.307 e. The highest BCUT2D eigenvalue weighted by Crippen LogP contribution is 2.36. The lowest BCUT2D eigenvalue weighted by Crippen LogP contribution is -2.21. The van der Waals surface area contributed by atoms with E-state index in [-0.39, 0.29) is 23.4 Å². The Morgan fingerprint density at radius 2 is 1.71 bits per heavy atom. The third kappa shape index (κ3) is 5.07. The summed E-state index contributed by atoms with van der Waals surface area (Å²) < 4.78 is 5.87. The van der Waals surface area contributed by atoms with Crippen LogP contribution in [0.4, 0.5) is 0 Å². The van der Waals surface area contributed by atoms with E-state index in [2.05, 4.69) is 53.7 Å². The molecule has 3 nitrogen and oxygen atoms in total. The quantitative estimate of drug-likeness (QED) is 0.887. The third-order valence-electron chi connectivity index (χ3n) is 3.44. The van der Waals surface area contributed by atoms with Gasteiger partial charge in [-0.2, -0.15) is 0 Å². The molecule has 1 N–H and O–H groups in total. The first-order valence-corrected chi connectivity index (χ1v) is 7.44. The minimum atomic E-state index is -0.842. The van der Waals surface area contributed by atoms with Gasteiger partial charge in [-0.25, -0.2) is 0 Å². The number of hydrogen-bond acceptors (Lipinski definition) is 2. The molecule has 0 aliphatic heterocycles. The van der Waals surface area contributed by atoms with Crippen molar-refractivity contribution in [1.29, 1.82) is 0 Å². The number of carboxylic acids is 1. The van der Waals surface area contributed by atoms with Crippen molar-refractivity contribution >= 4 is 5.97 Å². The van der Waals surface area contributed by atoms with E-state index in [1.807, 2.05) is 6.07 Å². The lowest BCUT2D eigenvalue weighted by Gasteiger charge is -2.28. The summed E-state index contributed by atoms with van der Waals surface area (Å²) in [5, 5.41) is 8.86. The molecule has 0 saturated heterocycles. The SMILES string of the molecule is C[C@H](CC(=O)O)Oc1ccc(C(C)(C)C)cc1C(C)(C)C. The van der Waals surface area contributed by atoms with E-state index in [9.17, 15) is 4.79 Å². The van der Waals surface area contributed by atoms with Gasteiger partial charge in [0.1, 0.15) is 11.9 Å². The highest BCUT2D eigenvalue weighted by Gasteiger charge is 2.24. The summed E-state index contributed by atoms with van der Waals surface area (Å²) in [5.74, 6) is -0.0598. The molecule has 1 aromatic rings. The molecule has 1 rings (SSSR count). The summed E-state index contributed by atoms with van der Waals surface area (Å²) in [6.45, 7) is 14.8. The van der Waals surface area contributed by atoms with Crippen molar-refractivity contribution in [3.8, 4) is 5.75 Å². The maximum absolute atomic E-state index is 10.8. The smallest absolute Gasteiger partial charge is 0.307 e. The molecule has 0 aliphatic carbocycles. The van der Waals surface area contributed by atoms with Gasteiger partial charge in [0, 0.05) is 0 Å². The van der Waals surface area contributed by atoms with Crippen molar-refractivity contribution in [1.82, 2.24) is 0 Å². The number of hydrogen-bond donors (Lipinski definition) is 1. The molecule has 0 radical (unpaired) electrons. The zero-order chi connectivity index (χ0) is 16.4. The molecular formula is C18H28O3. The van der Waals surface area contributed by atoms with Crippen LogP contribution in [0.2, 0.25) is 0 Å². The van der Waals surface area contributed by atoms with Crippen LogP contribution in [0.5, 0.6) is 5.75 Å². The largest absolute Gasteiger partial charge is 0.490 e. The molecule has 0 heterocycles. The van der Waals surface area contributed by atoms with Gasteiger partial charge in [-0.05, 0) is 34.9 Å². The monoisotopic (exact) mass is 292 g/mol. The minimum Gasteiger partial charge on any atom is -0.490 e. The summed E-state index contributed by atoms with van der Waals surface area (Å²) in [6, 6.07) is 6.22. The molecule has 21 heavy (non-hydrogen) atoms. The summed E-state index contributed by atoms with van der Waals surface area (Å²) in [7, 11) is 0. The second-order valence-electron chi connectivity index (χ2n) is 7.74. The minimum absolute atomic E-state index is 0.00457. The molecule has 1 atom stereocenters. The summed E-state index contributed by atoms with van der Waals surface area (Å²) >= 11 is 0. The first-order chi connectivity index (χ1) is 9.41. The van der Waals surface area contributed by atoms with Gasteiger partial charge in [-0.3, -0.25) is 4.79 Å². The van der Waals surface area contributed by atoms with Gasteiger partial charge in [0.2, 0.25) is 0 Å². The molecular weight excluding hydrogens is 264 g/mol. The van der Waals surface area contributed by atoms with Crippen LogP contribution in [0.15, 0.2) is 18.2 Å². The van der Waals surface area contributed by atoms with E-state index in [0.717, 1.165) is 11.3 Å². The number of rotatable bonds is 4. The fourth-order valence-electron chi connectivity index (χ4n) is 2.19. The van der Waals surface area contributed by atoms with Crippen LogP contribution in [0.25, 0.3) is 0 Å². The summed E-state index contributed by atoms with van der Waals surface area (Å²) in [4.78, 5) is 10.8. The van der Waals surface area contributed by atoms with Gasteiger partial charge in [0.15, 0.2) is 0 Å². The third-order valence-corrected chi connectivity index (χ3v) is 3.44. The Morgan fingerprint density at radius 3 is 2.14 bits per heavy atom. The van der Waals surface area contributed by atoms with E-state index in [1.54, 1.807) is 6.92 Å². The predicted molar refractivity (Wildman–Crippen MR) is 86.2 cm³/mol. The molecule has 1 aromatic carbocycles. The van der Waals surface area contributed by atoms with Crippen LogP contribution in [0.1, 0.15) is 66.0 Å². The maximum atomic E-state index is 10.8. The molecule has 0 bridgehead atoms. The summed E-state index contributed by atoms with van der Waals surface area (Å²) in [5.41, 5.74) is 2.39. The first kappa shape index (κ1) is 17.5. The lowest BCUT2D eigenvalue weighted by atomic mass is 9.80. The van der Waals surface area contributed by atoms with Gasteiger partial charge in [0.05, 0.1) is 6.42 Å². The highest BCUT2D eigenvalue weighted by atomic mass is 16.5. The fraction of sp³-hybridized carbons (Fsp3) is 0.611. The van der Waals surface area contributed by atoms with Crippen molar-refractivity contribution in [2.75, 3.05) is 0 Å². The molecule has 0 unspecified atom stereocenters. The normalized spacial score (nSPS) is 13.9. The first-order valence-electron chi connectivity index (χ1n) is 7.44. The zero-order valence-electron chi connectivity index (χ0n) is 14.3.